The van der Waals surface area contributed by atoms with Crippen LogP contribution in [0.25, 0.3) is 0 Å². The van der Waals surface area contributed by atoms with Crippen LogP contribution in [0.3, 0.4) is 0 Å². The third kappa shape index (κ3) is 6.22. The minimum absolute atomic E-state index is 0.582. The molecule has 0 radical (unpaired) electrons. The van der Waals surface area contributed by atoms with Crippen LogP contribution in [0.15, 0.2) is 109 Å². The summed E-state index contributed by atoms with van der Waals surface area (Å²) in [6.45, 7) is 0. The molecule has 2 atom stereocenters. The van der Waals surface area contributed by atoms with E-state index in [1.54, 1.807) is 24.3 Å². The number of rotatable bonds is 8. The average molecular weight is 497 g/mol. The van der Waals surface area contributed by atoms with Gasteiger partial charge in [0.2, 0.25) is 0 Å². The highest BCUT2D eigenvalue weighted by atomic mass is 35.5. The summed E-state index contributed by atoms with van der Waals surface area (Å²) in [5.74, 6) is 0. The van der Waals surface area contributed by atoms with Gasteiger partial charge < -0.3 is 0 Å². The molecule has 4 aromatic carbocycles. The molecular formula is C26H22Cl2N2O2S. The lowest BCUT2D eigenvalue weighted by Crippen LogP contribution is -2.41. The van der Waals surface area contributed by atoms with Gasteiger partial charge in [-0.05, 0) is 46.5 Å². The molecule has 168 valence electrons. The van der Waals surface area contributed by atoms with E-state index in [0.29, 0.717) is 10.0 Å². The minimum atomic E-state index is -3.96. The van der Waals surface area contributed by atoms with E-state index in [9.17, 15) is 8.42 Å². The first kappa shape index (κ1) is 23.5. The summed E-state index contributed by atoms with van der Waals surface area (Å²) in [4.78, 5) is 0. The second-order valence-electron chi connectivity index (χ2n) is 7.53. The van der Waals surface area contributed by atoms with Crippen molar-refractivity contribution in [1.29, 1.82) is 0 Å². The van der Waals surface area contributed by atoms with E-state index < -0.39 is 22.3 Å². The van der Waals surface area contributed by atoms with Gasteiger partial charge in [0, 0.05) is 10.0 Å². The SMILES string of the molecule is O=S(=O)(N[C@H](c1ccccc1)c1ccc(Cl)cc1)N[C@H](c1ccccc1)c1ccc(Cl)cc1. The zero-order valence-corrected chi connectivity index (χ0v) is 19.9. The predicted octanol–water partition coefficient (Wildman–Crippen LogP) is 6.30. The summed E-state index contributed by atoms with van der Waals surface area (Å²) in [6, 6.07) is 31.9. The fourth-order valence-electron chi connectivity index (χ4n) is 3.60. The van der Waals surface area contributed by atoms with Gasteiger partial charge in [-0.15, -0.1) is 0 Å². The third-order valence-electron chi connectivity index (χ3n) is 5.22. The summed E-state index contributed by atoms with van der Waals surface area (Å²) in [5, 5.41) is 1.16. The Kier molecular flexibility index (Phi) is 7.48. The number of halogens is 2. The Morgan fingerprint density at radius 3 is 1.12 bits per heavy atom. The fraction of sp³-hybridized carbons (Fsp3) is 0.0769. The molecule has 0 unspecified atom stereocenters. The first-order valence-electron chi connectivity index (χ1n) is 10.3. The zero-order valence-electron chi connectivity index (χ0n) is 17.5. The smallest absolute Gasteiger partial charge is 0.195 e. The van der Waals surface area contributed by atoms with E-state index in [1.165, 1.54) is 0 Å². The highest BCUT2D eigenvalue weighted by molar-refractivity contribution is 7.87. The molecule has 0 aliphatic heterocycles. The van der Waals surface area contributed by atoms with Crippen molar-refractivity contribution in [2.45, 2.75) is 12.1 Å². The molecule has 2 N–H and O–H groups in total. The van der Waals surface area contributed by atoms with Gasteiger partial charge >= 0.3 is 0 Å². The topological polar surface area (TPSA) is 58.2 Å². The summed E-state index contributed by atoms with van der Waals surface area (Å²) >= 11 is 12.1. The van der Waals surface area contributed by atoms with E-state index >= 15 is 0 Å². The Hall–Kier alpha value is -2.67. The molecule has 4 rings (SSSR count). The minimum Gasteiger partial charge on any atom is -0.195 e. The van der Waals surface area contributed by atoms with Crippen molar-refractivity contribution in [3.63, 3.8) is 0 Å². The van der Waals surface area contributed by atoms with Crippen molar-refractivity contribution in [1.82, 2.24) is 9.44 Å². The molecule has 0 fully saturated rings. The van der Waals surface area contributed by atoms with Crippen LogP contribution in [-0.4, -0.2) is 8.42 Å². The highest BCUT2D eigenvalue weighted by Gasteiger charge is 2.25. The second-order valence-corrected chi connectivity index (χ2v) is 9.88. The molecule has 0 spiro atoms. The van der Waals surface area contributed by atoms with Crippen LogP contribution in [0, 0.1) is 0 Å². The van der Waals surface area contributed by atoms with Gasteiger partial charge in [-0.2, -0.15) is 17.9 Å². The van der Waals surface area contributed by atoms with Gasteiger partial charge in [-0.3, -0.25) is 0 Å². The van der Waals surface area contributed by atoms with Gasteiger partial charge in [-0.1, -0.05) is 108 Å². The van der Waals surface area contributed by atoms with E-state index in [2.05, 4.69) is 9.44 Å². The summed E-state index contributed by atoms with van der Waals surface area (Å²) < 4.78 is 32.4. The van der Waals surface area contributed by atoms with Crippen LogP contribution in [0.5, 0.6) is 0 Å². The van der Waals surface area contributed by atoms with Gasteiger partial charge in [0.25, 0.3) is 10.2 Å². The number of nitrogens with one attached hydrogen (secondary N) is 2. The normalized spacial score (nSPS) is 13.4. The maximum Gasteiger partial charge on any atom is 0.278 e. The van der Waals surface area contributed by atoms with Crippen LogP contribution in [0.4, 0.5) is 0 Å². The Morgan fingerprint density at radius 2 is 0.788 bits per heavy atom. The first-order chi connectivity index (χ1) is 15.9. The maximum atomic E-state index is 13.4. The molecule has 33 heavy (non-hydrogen) atoms. The standard InChI is InChI=1S/C26H22Cl2N2O2S/c27-23-15-11-21(12-16-23)25(19-7-3-1-4-8-19)29-33(31,32)30-26(20-9-5-2-6-10-20)22-13-17-24(28)18-14-22/h1-18,25-26,29-30H/t25-,26-/m1/s1. The van der Waals surface area contributed by atoms with Crippen molar-refractivity contribution in [2.75, 3.05) is 0 Å². The molecule has 0 bridgehead atoms. The molecule has 0 aromatic heterocycles. The van der Waals surface area contributed by atoms with Crippen LogP contribution < -0.4 is 9.44 Å². The molecule has 7 heteroatoms. The lowest BCUT2D eigenvalue weighted by molar-refractivity contribution is 0.548. The van der Waals surface area contributed by atoms with Crippen LogP contribution in [0.2, 0.25) is 10.0 Å². The molecule has 0 saturated carbocycles. The van der Waals surface area contributed by atoms with Crippen LogP contribution in [-0.2, 0) is 10.2 Å². The maximum absolute atomic E-state index is 13.4. The zero-order chi connectivity index (χ0) is 23.3. The Morgan fingerprint density at radius 1 is 0.485 bits per heavy atom. The molecule has 0 amide bonds. The average Bonchev–Trinajstić information content (AvgIpc) is 2.83. The summed E-state index contributed by atoms with van der Waals surface area (Å²) in [6.07, 6.45) is 0. The number of hydrogen-bond acceptors (Lipinski definition) is 2. The van der Waals surface area contributed by atoms with Crippen molar-refractivity contribution in [3.8, 4) is 0 Å². The third-order valence-corrected chi connectivity index (χ3v) is 6.81. The van der Waals surface area contributed by atoms with Crippen molar-refractivity contribution in [3.05, 3.63) is 141 Å². The van der Waals surface area contributed by atoms with Crippen LogP contribution >= 0.6 is 23.2 Å². The Balaban J connectivity index is 1.68. The Labute approximate surface area is 204 Å². The number of hydrogen-bond donors (Lipinski definition) is 2. The molecular weight excluding hydrogens is 475 g/mol. The van der Waals surface area contributed by atoms with Gasteiger partial charge in [0.05, 0.1) is 12.1 Å². The molecule has 0 aliphatic rings. The summed E-state index contributed by atoms with van der Waals surface area (Å²) in [7, 11) is -3.96. The van der Waals surface area contributed by atoms with E-state index in [0.717, 1.165) is 22.3 Å². The lowest BCUT2D eigenvalue weighted by Gasteiger charge is -2.24. The molecule has 0 heterocycles. The van der Waals surface area contributed by atoms with Gasteiger partial charge in [0.1, 0.15) is 0 Å². The second kappa shape index (κ2) is 10.5. The molecule has 0 aliphatic carbocycles. The first-order valence-corrected chi connectivity index (χ1v) is 12.6. The molecule has 4 nitrogen and oxygen atoms in total. The Bertz CT molecular complexity index is 1180. The lowest BCUT2D eigenvalue weighted by atomic mass is 10.00. The predicted molar refractivity (Wildman–Crippen MR) is 135 cm³/mol. The van der Waals surface area contributed by atoms with E-state index in [4.69, 9.17) is 23.2 Å². The van der Waals surface area contributed by atoms with E-state index in [-0.39, 0.29) is 0 Å². The number of benzene rings is 4. The quantitative estimate of drug-likeness (QED) is 0.300. The van der Waals surface area contributed by atoms with Crippen LogP contribution in [0.1, 0.15) is 34.3 Å². The molecule has 4 aromatic rings. The largest absolute Gasteiger partial charge is 0.278 e. The summed E-state index contributed by atoms with van der Waals surface area (Å²) in [5.41, 5.74) is 3.18. The van der Waals surface area contributed by atoms with E-state index in [1.807, 2.05) is 84.9 Å². The van der Waals surface area contributed by atoms with Crippen molar-refractivity contribution >= 4 is 33.4 Å². The van der Waals surface area contributed by atoms with Gasteiger partial charge in [-0.25, -0.2) is 0 Å². The van der Waals surface area contributed by atoms with Crippen molar-refractivity contribution < 1.29 is 8.42 Å². The monoisotopic (exact) mass is 496 g/mol. The molecule has 0 saturated heterocycles. The van der Waals surface area contributed by atoms with Gasteiger partial charge in [0.15, 0.2) is 0 Å². The highest BCUT2D eigenvalue weighted by Crippen LogP contribution is 2.27. The fourth-order valence-corrected chi connectivity index (χ4v) is 5.09. The van der Waals surface area contributed by atoms with Crippen molar-refractivity contribution in [2.24, 2.45) is 0 Å².